The van der Waals surface area contributed by atoms with Gasteiger partial charge in [-0.1, -0.05) is 24.3 Å². The lowest BCUT2D eigenvalue weighted by molar-refractivity contribution is -0.122. The minimum absolute atomic E-state index is 0.126. The van der Waals surface area contributed by atoms with Gasteiger partial charge in [0.05, 0.1) is 18.4 Å². The molecule has 3 aromatic carbocycles. The highest BCUT2D eigenvalue weighted by atomic mass is 127. The second kappa shape index (κ2) is 11.8. The van der Waals surface area contributed by atoms with E-state index < -0.39 is 23.8 Å². The minimum atomic E-state index is -0.987. The molecule has 1 aliphatic heterocycles. The lowest BCUT2D eigenvalue weighted by Crippen LogP contribution is -2.54. The van der Waals surface area contributed by atoms with Gasteiger partial charge in [0.2, 0.25) is 0 Å². The maximum absolute atomic E-state index is 13.6. The van der Waals surface area contributed by atoms with Gasteiger partial charge in [-0.3, -0.25) is 14.9 Å². The van der Waals surface area contributed by atoms with E-state index in [-0.39, 0.29) is 23.2 Å². The summed E-state index contributed by atoms with van der Waals surface area (Å²) in [5.41, 5.74) is 3.46. The number of barbiturate groups is 1. The zero-order chi connectivity index (χ0) is 31.5. The van der Waals surface area contributed by atoms with Gasteiger partial charge in [0.15, 0.2) is 0 Å². The van der Waals surface area contributed by atoms with Crippen LogP contribution in [-0.2, 0) is 21.6 Å². The maximum Gasteiger partial charge on any atom is 0.335 e. The first-order chi connectivity index (χ1) is 21.6. The minimum Gasteiger partial charge on any atom is -0.487 e. The summed E-state index contributed by atoms with van der Waals surface area (Å²) < 4.78 is 7.57. The van der Waals surface area contributed by atoms with E-state index in [0.29, 0.717) is 17.0 Å². The van der Waals surface area contributed by atoms with Gasteiger partial charge in [-0.05, 0) is 166 Å². The number of hydrogen-bond donors (Lipinski definition) is 2. The van der Waals surface area contributed by atoms with Crippen LogP contribution in [0.1, 0.15) is 65.6 Å². The molecule has 4 aliphatic carbocycles. The number of halogens is 2. The average molecular weight is 828 g/mol. The molecule has 3 aromatic rings. The first-order valence-corrected chi connectivity index (χ1v) is 17.2. The van der Waals surface area contributed by atoms with Crippen molar-refractivity contribution in [3.8, 4) is 5.75 Å². The fourth-order valence-corrected chi connectivity index (χ4v) is 10.3. The molecular formula is C35H30I2N2O6. The number of nitrogens with zero attached hydrogens (tertiary/aromatic N) is 1. The third kappa shape index (κ3) is 5.79. The number of ether oxygens (including phenoxy) is 1. The molecule has 2 N–H and O–H groups in total. The number of imide groups is 2. The number of anilines is 1. The van der Waals surface area contributed by atoms with Gasteiger partial charge in [-0.25, -0.2) is 14.5 Å². The van der Waals surface area contributed by atoms with Crippen LogP contribution in [-0.4, -0.2) is 28.9 Å². The predicted octanol–water partition coefficient (Wildman–Crippen LogP) is 7.31. The number of hydrogen-bond acceptors (Lipinski definition) is 5. The SMILES string of the molecule is O=C1NC(=O)N(c2ccc(C34CC5CC(CC(C5)C3)C4)cc2)C(=O)/C1=C/c1cc(I)c(OCc2ccc(C(=O)O)cc2)c(I)c1. The van der Waals surface area contributed by atoms with Crippen LogP contribution < -0.4 is 15.0 Å². The number of urea groups is 1. The van der Waals surface area contributed by atoms with Gasteiger partial charge in [0.1, 0.15) is 17.9 Å². The van der Waals surface area contributed by atoms with Crippen LogP contribution in [0.3, 0.4) is 0 Å². The molecule has 0 spiro atoms. The monoisotopic (exact) mass is 828 g/mol. The summed E-state index contributed by atoms with van der Waals surface area (Å²) in [4.78, 5) is 51.6. The van der Waals surface area contributed by atoms with Crippen molar-refractivity contribution in [1.82, 2.24) is 5.32 Å². The summed E-state index contributed by atoms with van der Waals surface area (Å²) in [5.74, 6) is 0.689. The van der Waals surface area contributed by atoms with Crippen molar-refractivity contribution in [1.29, 1.82) is 0 Å². The highest BCUT2D eigenvalue weighted by Gasteiger charge is 2.51. The van der Waals surface area contributed by atoms with Gasteiger partial charge < -0.3 is 9.84 Å². The van der Waals surface area contributed by atoms with Crippen molar-refractivity contribution in [2.45, 2.75) is 50.5 Å². The second-order valence-electron chi connectivity index (χ2n) is 12.8. The highest BCUT2D eigenvalue weighted by Crippen LogP contribution is 2.60. The third-order valence-electron chi connectivity index (χ3n) is 9.79. The predicted molar refractivity (Wildman–Crippen MR) is 185 cm³/mol. The Hall–Kier alpha value is -3.26. The van der Waals surface area contributed by atoms with Crippen LogP contribution in [0.15, 0.2) is 66.2 Å². The number of nitrogens with one attached hydrogen (secondary N) is 1. The molecule has 8 nitrogen and oxygen atoms in total. The smallest absolute Gasteiger partial charge is 0.335 e. The lowest BCUT2D eigenvalue weighted by atomic mass is 9.48. The van der Waals surface area contributed by atoms with Crippen LogP contribution >= 0.6 is 45.2 Å². The molecule has 5 aliphatic rings. The molecule has 0 unspecified atom stereocenters. The van der Waals surface area contributed by atoms with Crippen LogP contribution in [0.5, 0.6) is 5.75 Å². The Kier molecular flexibility index (Phi) is 7.99. The van der Waals surface area contributed by atoms with E-state index in [1.165, 1.54) is 62.3 Å². The van der Waals surface area contributed by atoms with Crippen LogP contribution in [0.2, 0.25) is 0 Å². The molecule has 4 saturated carbocycles. The quantitative estimate of drug-likeness (QED) is 0.147. The number of amides is 4. The molecule has 230 valence electrons. The molecular weight excluding hydrogens is 798 g/mol. The summed E-state index contributed by atoms with van der Waals surface area (Å²) in [5, 5.41) is 11.4. The maximum atomic E-state index is 13.6. The summed E-state index contributed by atoms with van der Waals surface area (Å²) in [6.07, 6.45) is 9.27. The summed E-state index contributed by atoms with van der Waals surface area (Å²) >= 11 is 4.28. The standard InChI is InChI=1S/C35H30I2N2O6/c36-28-13-20(14-29(37)30(28)45-18-19-1-3-24(4-2-19)33(42)43)12-27-31(40)38-34(44)39(32(27)41)26-7-5-25(6-8-26)35-15-21-9-22(16-35)11-23(10-21)17-35/h1-8,12-14,21-23H,9-11,15-18H2,(H,42,43)(H,38,40,44)/b27-12+. The van der Waals surface area contributed by atoms with E-state index in [9.17, 15) is 19.2 Å². The Morgan fingerprint density at radius 2 is 1.49 bits per heavy atom. The van der Waals surface area contributed by atoms with E-state index in [0.717, 1.165) is 35.4 Å². The normalized spacial score (nSPS) is 26.4. The zero-order valence-corrected chi connectivity index (χ0v) is 28.5. The number of carboxylic acid groups (broad SMARTS) is 1. The van der Waals surface area contributed by atoms with E-state index >= 15 is 0 Å². The topological polar surface area (TPSA) is 113 Å². The van der Waals surface area contributed by atoms with Gasteiger partial charge in [0.25, 0.3) is 11.8 Å². The number of aromatic carboxylic acids is 1. The zero-order valence-electron chi connectivity index (χ0n) is 24.2. The molecule has 0 atom stereocenters. The van der Waals surface area contributed by atoms with Crippen molar-refractivity contribution in [2.75, 3.05) is 4.90 Å². The van der Waals surface area contributed by atoms with Crippen molar-refractivity contribution >= 4 is 80.8 Å². The number of rotatable bonds is 7. The molecule has 10 heteroatoms. The fraction of sp³-hybridized carbons (Fsp3) is 0.314. The molecule has 4 amide bonds. The molecule has 0 radical (unpaired) electrons. The Labute approximate surface area is 287 Å². The molecule has 1 saturated heterocycles. The Morgan fingerprint density at radius 3 is 2.04 bits per heavy atom. The van der Waals surface area contributed by atoms with Crippen LogP contribution in [0.4, 0.5) is 10.5 Å². The van der Waals surface area contributed by atoms with E-state index in [1.54, 1.807) is 24.3 Å². The largest absolute Gasteiger partial charge is 0.487 e. The summed E-state index contributed by atoms with van der Waals surface area (Å²) in [6, 6.07) is 17.2. The lowest BCUT2D eigenvalue weighted by Gasteiger charge is -2.57. The van der Waals surface area contributed by atoms with Crippen molar-refractivity contribution in [3.63, 3.8) is 0 Å². The number of carbonyl (C=O) groups excluding carboxylic acids is 3. The van der Waals surface area contributed by atoms with Crippen molar-refractivity contribution in [3.05, 3.63) is 95.6 Å². The average Bonchev–Trinajstić information content (AvgIpc) is 2.98. The Balaban J connectivity index is 1.09. The summed E-state index contributed by atoms with van der Waals surface area (Å²) in [6.45, 7) is 0.242. The molecule has 45 heavy (non-hydrogen) atoms. The number of benzene rings is 3. The first-order valence-electron chi connectivity index (χ1n) is 15.0. The van der Waals surface area contributed by atoms with E-state index in [4.69, 9.17) is 9.84 Å². The van der Waals surface area contributed by atoms with E-state index in [1.807, 2.05) is 12.1 Å². The van der Waals surface area contributed by atoms with Crippen LogP contribution in [0, 0.1) is 24.9 Å². The number of carbonyl (C=O) groups is 4. The molecule has 5 fully saturated rings. The molecule has 8 rings (SSSR count). The Morgan fingerprint density at radius 1 is 0.911 bits per heavy atom. The van der Waals surface area contributed by atoms with E-state index in [2.05, 4.69) is 62.6 Å². The second-order valence-corrected chi connectivity index (χ2v) is 15.1. The third-order valence-corrected chi connectivity index (χ3v) is 11.4. The molecule has 4 bridgehead atoms. The summed E-state index contributed by atoms with van der Waals surface area (Å²) in [7, 11) is 0. The molecule has 0 aromatic heterocycles. The van der Waals surface area contributed by atoms with Gasteiger partial charge in [-0.2, -0.15) is 0 Å². The van der Waals surface area contributed by atoms with Gasteiger partial charge in [0, 0.05) is 0 Å². The fourth-order valence-electron chi connectivity index (χ4n) is 8.19. The molecule has 1 heterocycles. The van der Waals surface area contributed by atoms with Crippen molar-refractivity contribution in [2.24, 2.45) is 17.8 Å². The first kappa shape index (κ1) is 30.4. The van der Waals surface area contributed by atoms with Gasteiger partial charge >= 0.3 is 12.0 Å². The van der Waals surface area contributed by atoms with Crippen molar-refractivity contribution < 1.29 is 29.0 Å². The van der Waals surface area contributed by atoms with Gasteiger partial charge in [-0.15, -0.1) is 0 Å². The highest BCUT2D eigenvalue weighted by molar-refractivity contribution is 14.1. The van der Waals surface area contributed by atoms with Crippen LogP contribution in [0.25, 0.3) is 6.08 Å². The number of carboxylic acids is 1. The Bertz CT molecular complexity index is 1710.